The van der Waals surface area contributed by atoms with E-state index in [0.717, 1.165) is 24.2 Å². The molecule has 9 heteroatoms. The van der Waals surface area contributed by atoms with E-state index in [1.54, 1.807) is 7.11 Å². The van der Waals surface area contributed by atoms with Gasteiger partial charge in [-0.25, -0.2) is 13.5 Å². The van der Waals surface area contributed by atoms with Crippen molar-refractivity contribution in [3.63, 3.8) is 0 Å². The van der Waals surface area contributed by atoms with Crippen LogP contribution in [0.4, 0.5) is 14.7 Å². The lowest BCUT2D eigenvalue weighted by Gasteiger charge is -2.40. The van der Waals surface area contributed by atoms with E-state index in [2.05, 4.69) is 15.4 Å². The fourth-order valence-electron chi connectivity index (χ4n) is 4.57. The molecule has 30 heavy (non-hydrogen) atoms. The molecule has 4 rings (SSSR count). The van der Waals surface area contributed by atoms with Crippen molar-refractivity contribution in [2.75, 3.05) is 25.5 Å². The smallest absolute Gasteiger partial charge is 0.260 e. The van der Waals surface area contributed by atoms with Crippen LogP contribution in [0.2, 0.25) is 0 Å². The minimum absolute atomic E-state index is 0.0926. The monoisotopic (exact) mass is 419 g/mol. The molecule has 3 atom stereocenters. The first-order chi connectivity index (χ1) is 14.6. The SMILES string of the molecule is COc1ccccc1CCC(=O)N1CCCC([C@@H]2C[C@H](C(F)F)n3ncnc3N2)C1. The number of likely N-dealkylation sites (tertiary alicyclic amines) is 1. The van der Waals surface area contributed by atoms with Gasteiger partial charge in [0.15, 0.2) is 0 Å². The minimum Gasteiger partial charge on any atom is -0.496 e. The molecule has 1 aromatic carbocycles. The van der Waals surface area contributed by atoms with Gasteiger partial charge in [-0.15, -0.1) is 0 Å². The molecule has 1 fully saturated rings. The summed E-state index contributed by atoms with van der Waals surface area (Å²) in [4.78, 5) is 18.8. The number of benzene rings is 1. The number of ether oxygens (including phenoxy) is 1. The Morgan fingerprint density at radius 2 is 2.20 bits per heavy atom. The fourth-order valence-corrected chi connectivity index (χ4v) is 4.57. The molecule has 1 N–H and O–H groups in total. The topological polar surface area (TPSA) is 72.3 Å². The molecule has 162 valence electrons. The summed E-state index contributed by atoms with van der Waals surface area (Å²) in [5.74, 6) is 1.38. The quantitative estimate of drug-likeness (QED) is 0.779. The van der Waals surface area contributed by atoms with Crippen molar-refractivity contribution in [3.05, 3.63) is 36.2 Å². The number of hydrogen-bond donors (Lipinski definition) is 1. The molecule has 0 radical (unpaired) electrons. The number of alkyl halides is 2. The second-order valence-electron chi connectivity index (χ2n) is 7.97. The van der Waals surface area contributed by atoms with E-state index < -0.39 is 12.5 Å². The van der Waals surface area contributed by atoms with Gasteiger partial charge in [-0.3, -0.25) is 4.79 Å². The van der Waals surface area contributed by atoms with Gasteiger partial charge < -0.3 is 15.0 Å². The molecule has 1 aromatic heterocycles. The van der Waals surface area contributed by atoms with E-state index in [1.807, 2.05) is 29.2 Å². The number of aryl methyl sites for hydroxylation is 1. The van der Waals surface area contributed by atoms with E-state index >= 15 is 0 Å². The summed E-state index contributed by atoms with van der Waals surface area (Å²) in [6.45, 7) is 1.29. The second-order valence-corrected chi connectivity index (χ2v) is 7.97. The Labute approximate surface area is 174 Å². The Hall–Kier alpha value is -2.71. The Balaban J connectivity index is 1.38. The largest absolute Gasteiger partial charge is 0.496 e. The third-order valence-electron chi connectivity index (χ3n) is 6.17. The van der Waals surface area contributed by atoms with Crippen molar-refractivity contribution < 1.29 is 18.3 Å². The lowest BCUT2D eigenvalue weighted by atomic mass is 9.86. The zero-order valence-electron chi connectivity index (χ0n) is 17.0. The summed E-state index contributed by atoms with van der Waals surface area (Å²) in [7, 11) is 1.63. The zero-order chi connectivity index (χ0) is 21.1. The number of nitrogens with zero attached hydrogens (tertiary/aromatic N) is 4. The average Bonchev–Trinajstić information content (AvgIpc) is 3.25. The van der Waals surface area contributed by atoms with E-state index in [1.165, 1.54) is 11.0 Å². The number of anilines is 1. The molecule has 3 heterocycles. The molecule has 2 aromatic rings. The normalized spacial score (nSPS) is 23.7. The number of methoxy groups -OCH3 is 1. The maximum atomic E-state index is 13.6. The summed E-state index contributed by atoms with van der Waals surface area (Å²) in [5.41, 5.74) is 1.01. The van der Waals surface area contributed by atoms with Crippen LogP contribution in [0.1, 0.15) is 37.3 Å². The number of para-hydroxylation sites is 1. The first-order valence-electron chi connectivity index (χ1n) is 10.4. The van der Waals surface area contributed by atoms with Crippen LogP contribution in [-0.2, 0) is 11.2 Å². The summed E-state index contributed by atoms with van der Waals surface area (Å²) in [6.07, 6.45) is 1.86. The maximum Gasteiger partial charge on any atom is 0.260 e. The Morgan fingerprint density at radius 3 is 3.00 bits per heavy atom. The van der Waals surface area contributed by atoms with Crippen LogP contribution in [0.5, 0.6) is 5.75 Å². The Kier molecular flexibility index (Phi) is 6.15. The zero-order valence-corrected chi connectivity index (χ0v) is 17.0. The van der Waals surface area contributed by atoms with Crippen molar-refractivity contribution in [2.24, 2.45) is 5.92 Å². The van der Waals surface area contributed by atoms with Gasteiger partial charge in [-0.2, -0.15) is 10.1 Å². The summed E-state index contributed by atoms with van der Waals surface area (Å²) in [5, 5.41) is 7.20. The van der Waals surface area contributed by atoms with Gasteiger partial charge in [-0.05, 0) is 43.2 Å². The van der Waals surface area contributed by atoms with Crippen LogP contribution >= 0.6 is 0 Å². The van der Waals surface area contributed by atoms with Crippen LogP contribution in [0.25, 0.3) is 0 Å². The van der Waals surface area contributed by atoms with Crippen molar-refractivity contribution in [1.82, 2.24) is 19.7 Å². The fraction of sp³-hybridized carbons (Fsp3) is 0.571. The average molecular weight is 419 g/mol. The standard InChI is InChI=1S/C21H27F2N5O2/c1-30-18-7-3-2-5-14(18)8-9-19(29)27-10-4-6-15(12-27)16-11-17(20(22)23)28-21(26-16)24-13-25-28/h2-3,5,7,13,15-17,20H,4,6,8-12H2,1H3,(H,24,25,26)/t15?,16-,17+/m0/s1. The first-order valence-corrected chi connectivity index (χ1v) is 10.4. The van der Waals surface area contributed by atoms with Crippen LogP contribution < -0.4 is 10.1 Å². The van der Waals surface area contributed by atoms with E-state index in [4.69, 9.17) is 4.74 Å². The van der Waals surface area contributed by atoms with Gasteiger partial charge in [-0.1, -0.05) is 18.2 Å². The third-order valence-corrected chi connectivity index (χ3v) is 6.17. The molecular weight excluding hydrogens is 392 g/mol. The number of aromatic nitrogens is 3. The van der Waals surface area contributed by atoms with Crippen molar-refractivity contribution >= 4 is 11.9 Å². The van der Waals surface area contributed by atoms with Crippen molar-refractivity contribution in [2.45, 2.75) is 50.6 Å². The van der Waals surface area contributed by atoms with Crippen LogP contribution in [0.3, 0.4) is 0 Å². The van der Waals surface area contributed by atoms with E-state index in [-0.39, 0.29) is 24.3 Å². The number of fused-ring (bicyclic) bond motifs is 1. The van der Waals surface area contributed by atoms with E-state index in [0.29, 0.717) is 31.9 Å². The predicted molar refractivity (Wildman–Crippen MR) is 108 cm³/mol. The first kappa shape index (κ1) is 20.6. The molecule has 1 amide bonds. The van der Waals surface area contributed by atoms with Gasteiger partial charge in [0.25, 0.3) is 6.43 Å². The molecule has 2 aliphatic rings. The van der Waals surface area contributed by atoms with Gasteiger partial charge in [0.2, 0.25) is 11.9 Å². The number of rotatable bonds is 6. The number of hydrogen-bond acceptors (Lipinski definition) is 5. The van der Waals surface area contributed by atoms with Gasteiger partial charge >= 0.3 is 0 Å². The number of halogens is 2. The highest BCUT2D eigenvalue weighted by Gasteiger charge is 2.38. The molecule has 0 saturated carbocycles. The molecular formula is C21H27F2N5O2. The van der Waals surface area contributed by atoms with Crippen LogP contribution in [0.15, 0.2) is 30.6 Å². The molecule has 7 nitrogen and oxygen atoms in total. The molecule has 1 saturated heterocycles. The Morgan fingerprint density at radius 1 is 1.37 bits per heavy atom. The molecule has 1 unspecified atom stereocenters. The van der Waals surface area contributed by atoms with Gasteiger partial charge in [0.05, 0.1) is 7.11 Å². The maximum absolute atomic E-state index is 13.6. The summed E-state index contributed by atoms with van der Waals surface area (Å²) in [6, 6.07) is 6.58. The summed E-state index contributed by atoms with van der Waals surface area (Å²) < 4.78 is 33.8. The lowest BCUT2D eigenvalue weighted by molar-refractivity contribution is -0.133. The van der Waals surface area contributed by atoms with Crippen LogP contribution in [-0.4, -0.2) is 58.2 Å². The van der Waals surface area contributed by atoms with Gasteiger partial charge in [0, 0.05) is 25.6 Å². The number of carbonyl (C=O) groups excluding carboxylic acids is 1. The number of nitrogens with one attached hydrogen (secondary N) is 1. The second kappa shape index (κ2) is 8.97. The van der Waals surface area contributed by atoms with E-state index in [9.17, 15) is 13.6 Å². The van der Waals surface area contributed by atoms with Crippen LogP contribution in [0, 0.1) is 5.92 Å². The molecule has 2 aliphatic heterocycles. The Bertz CT molecular complexity index is 875. The highest BCUT2D eigenvalue weighted by Crippen LogP contribution is 2.35. The molecule has 0 spiro atoms. The molecule has 0 bridgehead atoms. The number of carbonyl (C=O) groups is 1. The predicted octanol–water partition coefficient (Wildman–Crippen LogP) is 3.15. The van der Waals surface area contributed by atoms with Crippen molar-refractivity contribution in [1.29, 1.82) is 0 Å². The lowest BCUT2D eigenvalue weighted by Crippen LogP contribution is -2.48. The third kappa shape index (κ3) is 4.24. The summed E-state index contributed by atoms with van der Waals surface area (Å²) >= 11 is 0. The number of piperidine rings is 1. The number of amides is 1. The minimum atomic E-state index is -2.50. The highest BCUT2D eigenvalue weighted by atomic mass is 19.3. The van der Waals surface area contributed by atoms with Crippen molar-refractivity contribution in [3.8, 4) is 5.75 Å². The van der Waals surface area contributed by atoms with Gasteiger partial charge in [0.1, 0.15) is 18.1 Å². The molecule has 0 aliphatic carbocycles. The highest BCUT2D eigenvalue weighted by molar-refractivity contribution is 5.76.